The van der Waals surface area contributed by atoms with Crippen LogP contribution in [0.2, 0.25) is 0 Å². The van der Waals surface area contributed by atoms with Gasteiger partial charge in [0.1, 0.15) is 5.69 Å². The largest absolute Gasteiger partial charge is 0.477 e. The number of aromatic carboxylic acids is 1. The number of carbonyl (C=O) groups is 1. The number of pyridine rings is 2. The predicted octanol–water partition coefficient (Wildman–Crippen LogP) is 10.9. The van der Waals surface area contributed by atoms with E-state index in [1.54, 1.807) is 36.5 Å². The van der Waals surface area contributed by atoms with Crippen molar-refractivity contribution >= 4 is 5.97 Å². The van der Waals surface area contributed by atoms with E-state index in [4.69, 9.17) is 5.11 Å². The Morgan fingerprint density at radius 2 is 1.33 bits per heavy atom. The van der Waals surface area contributed by atoms with Gasteiger partial charge in [-0.25, -0.2) is 9.78 Å². The van der Waals surface area contributed by atoms with Gasteiger partial charge in [0.2, 0.25) is 0 Å². The minimum absolute atomic E-state index is 0. The zero-order chi connectivity index (χ0) is 37.0. The fourth-order valence-corrected chi connectivity index (χ4v) is 5.49. The molecule has 54 heavy (non-hydrogen) atoms. The molecule has 0 saturated heterocycles. The summed E-state index contributed by atoms with van der Waals surface area (Å²) in [6, 6.07) is 41.0. The van der Waals surface area contributed by atoms with Crippen molar-refractivity contribution in [2.75, 3.05) is 0 Å². The number of carboxylic acid groups (broad SMARTS) is 1. The Morgan fingerprint density at radius 1 is 0.704 bits per heavy atom. The molecule has 3 heterocycles. The normalized spacial score (nSPS) is 10.2. The molecule has 7 rings (SSSR count). The number of halogens is 2. The second-order valence-electron chi connectivity index (χ2n) is 12.4. The summed E-state index contributed by atoms with van der Waals surface area (Å²) in [6.45, 7) is 9.07. The average Bonchev–Trinajstić information content (AvgIpc) is 3.66. The Morgan fingerprint density at radius 3 is 1.85 bits per heavy atom. The van der Waals surface area contributed by atoms with Crippen LogP contribution in [0.5, 0.6) is 0 Å². The molecule has 0 aliphatic heterocycles. The summed E-state index contributed by atoms with van der Waals surface area (Å²) in [4.78, 5) is 22.3. The topological polar surface area (TPSA) is 80.9 Å². The van der Waals surface area contributed by atoms with Crippen molar-refractivity contribution in [3.63, 3.8) is 0 Å². The molecule has 0 amide bonds. The first-order valence-electron chi connectivity index (χ1n) is 16.8. The number of benzene rings is 4. The van der Waals surface area contributed by atoms with Crippen LogP contribution in [0.1, 0.15) is 61.1 Å². The molecule has 3 aromatic heterocycles. The number of carboxylic acids is 1. The number of hydrogen-bond donors (Lipinski definition) is 1. The van der Waals surface area contributed by atoms with E-state index in [1.807, 2.05) is 24.4 Å². The third-order valence-electron chi connectivity index (χ3n) is 8.01. The molecule has 7 aromatic rings. The summed E-state index contributed by atoms with van der Waals surface area (Å²) in [6.07, 6.45) is 6.95. The molecule has 0 unspecified atom stereocenters. The van der Waals surface area contributed by atoms with Crippen LogP contribution in [0.3, 0.4) is 0 Å². The van der Waals surface area contributed by atoms with Gasteiger partial charge in [-0.2, -0.15) is 0 Å². The van der Waals surface area contributed by atoms with Gasteiger partial charge in [0, 0.05) is 82.3 Å². The van der Waals surface area contributed by atoms with Crippen LogP contribution in [-0.2, 0) is 40.2 Å². The molecule has 0 saturated carbocycles. The molecule has 0 aliphatic carbocycles. The summed E-state index contributed by atoms with van der Waals surface area (Å²) in [7, 11) is 0. The van der Waals surface area contributed by atoms with E-state index in [1.165, 1.54) is 40.2 Å². The molecule has 0 fully saturated rings. The Kier molecular flexibility index (Phi) is 16.9. The maximum atomic E-state index is 13.2. The molecule has 4 aromatic carbocycles. The SMILES string of the molecule is CC(C)c1cc(-c2ccccc2)cc(C(C)C)c1-n1ccnc1-c1[c-]cccc1.Fc1c[c-]c(-c2ccccn2)c(F)c1.O=C(O)c1ccccn1.[Ir].[Ir]. The van der Waals surface area contributed by atoms with Gasteiger partial charge in [-0.05, 0) is 70.1 Å². The molecule has 0 bridgehead atoms. The van der Waals surface area contributed by atoms with Crippen LogP contribution < -0.4 is 0 Å². The van der Waals surface area contributed by atoms with Crippen molar-refractivity contribution < 1.29 is 58.9 Å². The molecule has 0 atom stereocenters. The summed E-state index contributed by atoms with van der Waals surface area (Å²) in [5, 5.41) is 8.32. The van der Waals surface area contributed by atoms with Crippen molar-refractivity contribution in [2.24, 2.45) is 0 Å². The minimum atomic E-state index is -0.990. The summed E-state index contributed by atoms with van der Waals surface area (Å²) < 4.78 is 28.0. The molecule has 1 N–H and O–H groups in total. The van der Waals surface area contributed by atoms with Gasteiger partial charge >= 0.3 is 5.97 Å². The molecular weight excluding hydrogens is 1040 g/mol. The second-order valence-corrected chi connectivity index (χ2v) is 12.4. The van der Waals surface area contributed by atoms with Crippen molar-refractivity contribution in [2.45, 2.75) is 39.5 Å². The van der Waals surface area contributed by atoms with E-state index in [2.05, 4.69) is 114 Å². The number of hydrogen-bond acceptors (Lipinski definition) is 4. The number of rotatable bonds is 7. The Hall–Kier alpha value is -4.98. The van der Waals surface area contributed by atoms with Crippen molar-refractivity contribution in [1.29, 1.82) is 0 Å². The van der Waals surface area contributed by atoms with Gasteiger partial charge < -0.3 is 14.7 Å². The average molecular weight is 1080 g/mol. The van der Waals surface area contributed by atoms with Gasteiger partial charge in [0.15, 0.2) is 0 Å². The van der Waals surface area contributed by atoms with Crippen molar-refractivity contribution in [1.82, 2.24) is 19.5 Å². The fraction of sp³-hybridized carbons (Fsp3) is 0.136. The van der Waals surface area contributed by atoms with E-state index >= 15 is 0 Å². The zero-order valence-corrected chi connectivity index (χ0v) is 34.8. The molecule has 0 spiro atoms. The van der Waals surface area contributed by atoms with E-state index in [9.17, 15) is 13.6 Å². The van der Waals surface area contributed by atoms with Crippen LogP contribution >= 0.6 is 0 Å². The summed E-state index contributed by atoms with van der Waals surface area (Å²) in [5.74, 6) is -0.564. The maximum absolute atomic E-state index is 13.2. The third kappa shape index (κ3) is 11.3. The first kappa shape index (κ1) is 43.4. The van der Waals surface area contributed by atoms with Crippen molar-refractivity contribution in [3.8, 4) is 39.5 Å². The molecule has 2 radical (unpaired) electrons. The second kappa shape index (κ2) is 21.0. The molecule has 10 heteroatoms. The van der Waals surface area contributed by atoms with Crippen LogP contribution in [0.4, 0.5) is 8.78 Å². The van der Waals surface area contributed by atoms with Crippen LogP contribution in [0.15, 0.2) is 140 Å². The van der Waals surface area contributed by atoms with Crippen molar-refractivity contribution in [3.05, 3.63) is 181 Å². The smallest absolute Gasteiger partial charge is 0.354 e. The fourth-order valence-electron chi connectivity index (χ4n) is 5.49. The summed E-state index contributed by atoms with van der Waals surface area (Å²) in [5.41, 5.74) is 8.18. The van der Waals surface area contributed by atoms with Crippen LogP contribution in [0.25, 0.3) is 39.5 Å². The van der Waals surface area contributed by atoms with Gasteiger partial charge in [0.25, 0.3) is 0 Å². The first-order chi connectivity index (χ1) is 25.1. The number of nitrogens with zero attached hydrogens (tertiary/aromatic N) is 4. The predicted molar refractivity (Wildman–Crippen MR) is 201 cm³/mol. The van der Waals surface area contributed by atoms with Gasteiger partial charge in [-0.1, -0.05) is 87.9 Å². The van der Waals surface area contributed by atoms with Gasteiger partial charge in [-0.3, -0.25) is 13.8 Å². The molecule has 6 nitrogen and oxygen atoms in total. The quantitative estimate of drug-likeness (QED) is 0.161. The van der Waals surface area contributed by atoms with Crippen LogP contribution in [0, 0.1) is 23.8 Å². The third-order valence-corrected chi connectivity index (χ3v) is 8.01. The number of aromatic nitrogens is 4. The standard InChI is InChI=1S/C27H27N2.C11H6F2N.C6H5NO2.2Ir/c1-19(2)24-17-23(21-11-7-5-8-12-21)18-25(20(3)4)26(24)29-16-15-28-27(29)22-13-9-6-10-14-22;12-8-4-5-9(10(13)7-8)11-3-1-2-6-14-11;8-6(9)5-3-1-2-4-7-5;;/h5-13,15-20H,1-4H3;1-4,6-7H;1-4H,(H,8,9);;/q2*-1;;;. The Bertz CT molecular complexity index is 2170. The molecule has 0 aliphatic rings. The van der Waals surface area contributed by atoms with E-state index in [0.29, 0.717) is 17.5 Å². The van der Waals surface area contributed by atoms with Gasteiger partial charge in [0.05, 0.1) is 5.82 Å². The minimum Gasteiger partial charge on any atom is -0.477 e. The maximum Gasteiger partial charge on any atom is 0.354 e. The van der Waals surface area contributed by atoms with Crippen LogP contribution in [-0.4, -0.2) is 30.6 Å². The first-order valence-corrected chi connectivity index (χ1v) is 16.8. The van der Waals surface area contributed by atoms with E-state index in [-0.39, 0.29) is 51.5 Å². The molecular formula is C44H38F2Ir2N4O2-2. The van der Waals surface area contributed by atoms with E-state index < -0.39 is 17.6 Å². The molecule has 280 valence electrons. The monoisotopic (exact) mass is 1080 g/mol. The Balaban J connectivity index is 0.000000260. The number of imidazole rings is 1. The summed E-state index contributed by atoms with van der Waals surface area (Å²) >= 11 is 0. The zero-order valence-electron chi connectivity index (χ0n) is 30.0. The Labute approximate surface area is 342 Å². The van der Waals surface area contributed by atoms with E-state index in [0.717, 1.165) is 23.5 Å². The van der Waals surface area contributed by atoms with Gasteiger partial charge in [-0.15, -0.1) is 48.0 Å².